The van der Waals surface area contributed by atoms with Crippen LogP contribution in [0.25, 0.3) is 0 Å². The largest absolute Gasteiger partial charge is 0.505 e. The minimum Gasteiger partial charge on any atom is -0.505 e. The van der Waals surface area contributed by atoms with E-state index in [-0.39, 0.29) is 6.29 Å². The smallest absolute Gasteiger partial charge is 0.378 e. The molecule has 0 aliphatic carbocycles. The fourth-order valence-electron chi connectivity index (χ4n) is 0.558. The maximum Gasteiger partial charge on any atom is 0.378 e. The Labute approximate surface area is 55.5 Å². The van der Waals surface area contributed by atoms with Gasteiger partial charge in [-0.15, -0.1) is 0 Å². The molecular weight excluding hydrogens is 140 g/mol. The van der Waals surface area contributed by atoms with Crippen molar-refractivity contribution in [3.8, 4) is 0 Å². The number of hydrogen-bond donors (Lipinski definition) is 2. The van der Waals surface area contributed by atoms with Gasteiger partial charge in [-0.1, -0.05) is 0 Å². The van der Waals surface area contributed by atoms with E-state index in [2.05, 4.69) is 4.74 Å². The van der Waals surface area contributed by atoms with Crippen molar-refractivity contribution >= 4 is 12.3 Å². The van der Waals surface area contributed by atoms with Crippen LogP contribution in [0, 0.1) is 0 Å². The van der Waals surface area contributed by atoms with Gasteiger partial charge in [0.1, 0.15) is 0 Å². The van der Waals surface area contributed by atoms with Crippen LogP contribution in [0.3, 0.4) is 0 Å². The van der Waals surface area contributed by atoms with Gasteiger partial charge < -0.3 is 14.9 Å². The second-order valence-corrected chi connectivity index (χ2v) is 1.70. The average molecular weight is 144 g/mol. The summed E-state index contributed by atoms with van der Waals surface area (Å²) in [5.41, 5.74) is 0. The summed E-state index contributed by atoms with van der Waals surface area (Å²) >= 11 is 0. The van der Waals surface area contributed by atoms with Crippen LogP contribution in [-0.4, -0.2) is 28.6 Å². The normalized spacial score (nSPS) is 24.8. The topological polar surface area (TPSA) is 83.8 Å². The van der Waals surface area contributed by atoms with Gasteiger partial charge in [0.15, 0.2) is 12.0 Å². The lowest BCUT2D eigenvalue weighted by atomic mass is 10.3. The summed E-state index contributed by atoms with van der Waals surface area (Å²) < 4.78 is 4.15. The Morgan fingerprint density at radius 3 is 2.30 bits per heavy atom. The van der Waals surface area contributed by atoms with Gasteiger partial charge in [-0.05, 0) is 0 Å². The van der Waals surface area contributed by atoms with Gasteiger partial charge in [0.25, 0.3) is 0 Å². The molecule has 1 heterocycles. The standard InChI is InChI=1S/C5H4O5/c6-1-2-3(7)4(8)5(9)10-2/h1-2,7-8H. The number of aliphatic hydroxyl groups is 2. The van der Waals surface area contributed by atoms with Gasteiger partial charge in [0.2, 0.25) is 11.9 Å². The molecule has 0 spiro atoms. The first-order valence-electron chi connectivity index (χ1n) is 2.45. The SMILES string of the molecule is O=CC1OC(=O)C(O)=C1O. The van der Waals surface area contributed by atoms with Crippen molar-refractivity contribution in [2.75, 3.05) is 0 Å². The summed E-state index contributed by atoms with van der Waals surface area (Å²) in [6.45, 7) is 0. The third-order valence-corrected chi connectivity index (χ3v) is 1.06. The lowest BCUT2D eigenvalue weighted by molar-refractivity contribution is -0.145. The van der Waals surface area contributed by atoms with Crippen molar-refractivity contribution in [3.63, 3.8) is 0 Å². The molecule has 1 unspecified atom stereocenters. The Bertz CT molecular complexity index is 216. The molecule has 0 aromatic rings. The molecule has 5 heteroatoms. The van der Waals surface area contributed by atoms with E-state index in [4.69, 9.17) is 10.2 Å². The molecule has 0 amide bonds. The number of aldehydes is 1. The Balaban J connectivity index is 2.93. The molecule has 5 nitrogen and oxygen atoms in total. The lowest BCUT2D eigenvalue weighted by Crippen LogP contribution is -2.12. The van der Waals surface area contributed by atoms with E-state index in [1.54, 1.807) is 0 Å². The molecule has 0 radical (unpaired) electrons. The summed E-state index contributed by atoms with van der Waals surface area (Å²) in [5.74, 6) is -2.69. The highest BCUT2D eigenvalue weighted by molar-refractivity contribution is 5.92. The number of carbonyl (C=O) groups excluding carboxylic acids is 2. The monoisotopic (exact) mass is 144 g/mol. The second-order valence-electron chi connectivity index (χ2n) is 1.70. The van der Waals surface area contributed by atoms with E-state index in [1.807, 2.05) is 0 Å². The molecule has 0 aromatic carbocycles. The molecule has 0 aromatic heterocycles. The van der Waals surface area contributed by atoms with Crippen molar-refractivity contribution in [1.29, 1.82) is 0 Å². The van der Waals surface area contributed by atoms with E-state index < -0.39 is 23.6 Å². The predicted octanol–water partition coefficient (Wildman–Crippen LogP) is -0.562. The van der Waals surface area contributed by atoms with Crippen LogP contribution in [0.1, 0.15) is 0 Å². The summed E-state index contributed by atoms with van der Waals surface area (Å²) in [6, 6.07) is 0. The van der Waals surface area contributed by atoms with Gasteiger partial charge in [-0.25, -0.2) is 4.79 Å². The number of aliphatic hydroxyl groups excluding tert-OH is 2. The second kappa shape index (κ2) is 2.02. The van der Waals surface area contributed by atoms with E-state index in [0.29, 0.717) is 0 Å². The maximum absolute atomic E-state index is 10.3. The molecule has 0 bridgehead atoms. The zero-order chi connectivity index (χ0) is 7.72. The van der Waals surface area contributed by atoms with Crippen LogP contribution >= 0.6 is 0 Å². The maximum atomic E-state index is 10.3. The number of esters is 1. The van der Waals surface area contributed by atoms with E-state index in [1.165, 1.54) is 0 Å². The zero-order valence-corrected chi connectivity index (χ0v) is 4.77. The predicted molar refractivity (Wildman–Crippen MR) is 28.2 cm³/mol. The molecule has 1 rings (SSSR count). The molecular formula is C5H4O5. The first kappa shape index (κ1) is 6.60. The van der Waals surface area contributed by atoms with Gasteiger partial charge in [-0.3, -0.25) is 4.79 Å². The number of rotatable bonds is 1. The lowest BCUT2D eigenvalue weighted by Gasteiger charge is -1.97. The number of cyclic esters (lactones) is 1. The van der Waals surface area contributed by atoms with E-state index >= 15 is 0 Å². The molecule has 54 valence electrons. The van der Waals surface area contributed by atoms with E-state index in [0.717, 1.165) is 0 Å². The van der Waals surface area contributed by atoms with Gasteiger partial charge in [0.05, 0.1) is 0 Å². The van der Waals surface area contributed by atoms with Crippen LogP contribution in [0.15, 0.2) is 11.5 Å². The van der Waals surface area contributed by atoms with Crippen LogP contribution in [0.5, 0.6) is 0 Å². The van der Waals surface area contributed by atoms with Crippen LogP contribution in [-0.2, 0) is 14.3 Å². The van der Waals surface area contributed by atoms with Crippen molar-refractivity contribution in [3.05, 3.63) is 11.5 Å². The number of ether oxygens (including phenoxy) is 1. The van der Waals surface area contributed by atoms with E-state index in [9.17, 15) is 9.59 Å². The van der Waals surface area contributed by atoms with Gasteiger partial charge >= 0.3 is 5.97 Å². The molecule has 2 N–H and O–H groups in total. The summed E-state index contributed by atoms with van der Waals surface area (Å²) in [6.07, 6.45) is -1.11. The van der Waals surface area contributed by atoms with Crippen LogP contribution < -0.4 is 0 Å². The van der Waals surface area contributed by atoms with Crippen LogP contribution in [0.4, 0.5) is 0 Å². The summed E-state index contributed by atoms with van der Waals surface area (Å²) in [7, 11) is 0. The average Bonchev–Trinajstić information content (AvgIpc) is 2.17. The minimum atomic E-state index is -1.33. The highest BCUT2D eigenvalue weighted by Crippen LogP contribution is 2.15. The van der Waals surface area contributed by atoms with Crippen molar-refractivity contribution in [2.24, 2.45) is 0 Å². The fraction of sp³-hybridized carbons (Fsp3) is 0.200. The molecule has 1 atom stereocenters. The Morgan fingerprint density at radius 1 is 1.50 bits per heavy atom. The molecule has 0 saturated heterocycles. The highest BCUT2D eigenvalue weighted by Gasteiger charge is 2.33. The molecule has 0 fully saturated rings. The zero-order valence-electron chi connectivity index (χ0n) is 4.77. The Hall–Kier alpha value is -1.52. The Kier molecular flexibility index (Phi) is 1.33. The van der Waals surface area contributed by atoms with Gasteiger partial charge in [-0.2, -0.15) is 0 Å². The van der Waals surface area contributed by atoms with Crippen molar-refractivity contribution in [2.45, 2.75) is 6.10 Å². The number of hydrogen-bond acceptors (Lipinski definition) is 5. The number of carbonyl (C=O) groups is 2. The van der Waals surface area contributed by atoms with Crippen molar-refractivity contribution in [1.82, 2.24) is 0 Å². The molecule has 1 aliphatic heterocycles. The van der Waals surface area contributed by atoms with Crippen LogP contribution in [0.2, 0.25) is 0 Å². The quantitative estimate of drug-likeness (QED) is 0.380. The molecule has 1 aliphatic rings. The first-order valence-corrected chi connectivity index (χ1v) is 2.45. The van der Waals surface area contributed by atoms with Gasteiger partial charge in [0, 0.05) is 0 Å². The van der Waals surface area contributed by atoms with Crippen molar-refractivity contribution < 1.29 is 24.5 Å². The third-order valence-electron chi connectivity index (χ3n) is 1.06. The fourth-order valence-corrected chi connectivity index (χ4v) is 0.558. The minimum absolute atomic E-state index is 0.219. The summed E-state index contributed by atoms with van der Waals surface area (Å²) in [5, 5.41) is 17.2. The third kappa shape index (κ3) is 0.717. The first-order chi connectivity index (χ1) is 4.66. The molecule has 10 heavy (non-hydrogen) atoms. The molecule has 0 saturated carbocycles. The summed E-state index contributed by atoms with van der Waals surface area (Å²) in [4.78, 5) is 20.2. The Morgan fingerprint density at radius 2 is 2.10 bits per heavy atom. The highest BCUT2D eigenvalue weighted by atomic mass is 16.6.